The average Bonchev–Trinajstić information content (AvgIpc) is 2.88. The molecular weight excluding hydrogens is 526 g/mol. The zero-order valence-electron chi connectivity index (χ0n) is 22.4. The Morgan fingerprint density at radius 1 is 1.12 bits per heavy atom. The van der Waals surface area contributed by atoms with Crippen molar-refractivity contribution in [2.75, 3.05) is 23.7 Å². The molecule has 2 heterocycles. The Labute approximate surface area is 229 Å². The third-order valence-corrected chi connectivity index (χ3v) is 6.66. The first-order valence-corrected chi connectivity index (χ1v) is 12.5. The molecule has 2 aromatic carbocycles. The van der Waals surface area contributed by atoms with Crippen molar-refractivity contribution in [3.63, 3.8) is 0 Å². The predicted octanol–water partition coefficient (Wildman–Crippen LogP) is 5.58. The number of hydrogen-bond donors (Lipinski definition) is 4. The molecule has 0 unspecified atom stereocenters. The first kappa shape index (κ1) is 28.8. The van der Waals surface area contributed by atoms with Gasteiger partial charge in [0.15, 0.2) is 0 Å². The lowest BCUT2D eigenvalue weighted by Crippen LogP contribution is -2.42. The maximum atomic E-state index is 14.5. The van der Waals surface area contributed by atoms with Gasteiger partial charge in [-0.3, -0.25) is 4.79 Å². The number of halogens is 4. The summed E-state index contributed by atoms with van der Waals surface area (Å²) < 4.78 is 52.7. The minimum atomic E-state index is -4.61. The van der Waals surface area contributed by atoms with Crippen molar-refractivity contribution in [1.29, 1.82) is 5.26 Å². The lowest BCUT2D eigenvalue weighted by Gasteiger charge is -2.34. The minimum Gasteiger partial charge on any atom is -0.343 e. The number of fused-ring (bicyclic) bond motifs is 1. The van der Waals surface area contributed by atoms with Gasteiger partial charge in [0.2, 0.25) is 5.95 Å². The molecule has 1 aliphatic heterocycles. The fourth-order valence-electron chi connectivity index (χ4n) is 4.48. The third-order valence-electron chi connectivity index (χ3n) is 6.66. The zero-order valence-corrected chi connectivity index (χ0v) is 22.4. The summed E-state index contributed by atoms with van der Waals surface area (Å²) in [6.07, 6.45) is -2.68. The second kappa shape index (κ2) is 10.7. The van der Waals surface area contributed by atoms with Gasteiger partial charge in [-0.15, -0.1) is 0 Å². The van der Waals surface area contributed by atoms with Crippen LogP contribution in [0.5, 0.6) is 0 Å². The molecule has 8 nitrogen and oxygen atoms in total. The second-order valence-electron chi connectivity index (χ2n) is 10.6. The molecule has 0 fully saturated rings. The molecule has 0 radical (unpaired) electrons. The van der Waals surface area contributed by atoms with Crippen LogP contribution in [0.1, 0.15) is 54.7 Å². The van der Waals surface area contributed by atoms with E-state index >= 15 is 0 Å². The number of rotatable bonds is 7. The molecular formula is C28H29F4N7O. The summed E-state index contributed by atoms with van der Waals surface area (Å²) in [6.45, 7) is 6.57. The van der Waals surface area contributed by atoms with Crippen molar-refractivity contribution in [2.45, 2.75) is 51.2 Å². The molecule has 1 amide bonds. The van der Waals surface area contributed by atoms with Gasteiger partial charge in [-0.05, 0) is 82.1 Å². The van der Waals surface area contributed by atoms with Gasteiger partial charge in [0, 0.05) is 28.7 Å². The number of hydrogen-bond acceptors (Lipinski definition) is 7. The lowest BCUT2D eigenvalue weighted by molar-refractivity contribution is -0.123. The molecule has 1 aliphatic rings. The van der Waals surface area contributed by atoms with Gasteiger partial charge in [0.1, 0.15) is 23.7 Å². The van der Waals surface area contributed by atoms with E-state index in [0.717, 1.165) is 36.4 Å². The number of nitrogens with one attached hydrogen (secondary N) is 4. The summed E-state index contributed by atoms with van der Waals surface area (Å²) in [7, 11) is 0. The maximum absolute atomic E-state index is 14.5. The Bertz CT molecular complexity index is 1480. The molecule has 4 rings (SSSR count). The van der Waals surface area contributed by atoms with Crippen LogP contribution >= 0.6 is 0 Å². The summed E-state index contributed by atoms with van der Waals surface area (Å²) in [5.74, 6) is -1.67. The van der Waals surface area contributed by atoms with E-state index in [-0.39, 0.29) is 34.1 Å². The van der Waals surface area contributed by atoms with Crippen LogP contribution in [0.25, 0.3) is 0 Å². The van der Waals surface area contributed by atoms with Crippen LogP contribution in [0, 0.1) is 17.1 Å². The number of nitrogens with zero attached hydrogens (tertiary/aromatic N) is 3. The highest BCUT2D eigenvalue weighted by molar-refractivity contribution is 5.99. The Morgan fingerprint density at radius 2 is 1.82 bits per heavy atom. The summed E-state index contributed by atoms with van der Waals surface area (Å²) >= 11 is 0. The van der Waals surface area contributed by atoms with Crippen LogP contribution < -0.4 is 21.3 Å². The van der Waals surface area contributed by atoms with Gasteiger partial charge in [-0.1, -0.05) is 6.07 Å². The number of amides is 1. The van der Waals surface area contributed by atoms with Crippen molar-refractivity contribution < 1.29 is 22.4 Å². The first-order valence-electron chi connectivity index (χ1n) is 12.5. The van der Waals surface area contributed by atoms with Gasteiger partial charge in [0.25, 0.3) is 5.91 Å². The third kappa shape index (κ3) is 6.48. The quantitative estimate of drug-likeness (QED) is 0.282. The van der Waals surface area contributed by atoms with Gasteiger partial charge in [-0.25, -0.2) is 9.37 Å². The molecule has 0 aliphatic carbocycles. The molecule has 1 aromatic heterocycles. The largest absolute Gasteiger partial charge is 0.405 e. The molecule has 0 atom stereocenters. The van der Waals surface area contributed by atoms with Crippen molar-refractivity contribution in [2.24, 2.45) is 0 Å². The lowest BCUT2D eigenvalue weighted by atomic mass is 9.85. The number of benzene rings is 2. The fourth-order valence-corrected chi connectivity index (χ4v) is 4.48. The molecule has 210 valence electrons. The maximum Gasteiger partial charge on any atom is 0.405 e. The number of nitriles is 1. The minimum absolute atomic E-state index is 0.0858. The average molecular weight is 556 g/mol. The second-order valence-corrected chi connectivity index (χ2v) is 10.6. The standard InChI is InChI=1S/C28H29F4N7O/c1-26(2,14-33)21-12-18(6-8-22(21)29)37-23-19(24(40)35-15-28(30,31)32)13-34-25(39-23)38-17-5-7-20-16(11-17)9-10-36-27(20,3)4/h5-8,11-13,36H,9-10,15H2,1-4H3,(H,35,40)(H2,34,37,38,39). The molecule has 0 saturated heterocycles. The molecule has 4 N–H and O–H groups in total. The van der Waals surface area contributed by atoms with Gasteiger partial charge < -0.3 is 21.3 Å². The number of anilines is 4. The van der Waals surface area contributed by atoms with Crippen LogP contribution in [0.3, 0.4) is 0 Å². The van der Waals surface area contributed by atoms with E-state index in [4.69, 9.17) is 0 Å². The number of alkyl halides is 3. The fraction of sp³-hybridized carbons (Fsp3) is 0.357. The van der Waals surface area contributed by atoms with Crippen LogP contribution in [-0.4, -0.2) is 35.1 Å². The Morgan fingerprint density at radius 3 is 2.52 bits per heavy atom. The zero-order chi connectivity index (χ0) is 29.3. The topological polar surface area (TPSA) is 115 Å². The smallest absolute Gasteiger partial charge is 0.343 e. The first-order chi connectivity index (χ1) is 18.7. The van der Waals surface area contributed by atoms with Gasteiger partial charge in [0.05, 0.1) is 11.5 Å². The van der Waals surface area contributed by atoms with E-state index in [0.29, 0.717) is 5.69 Å². The highest BCUT2D eigenvalue weighted by Gasteiger charge is 2.30. The Kier molecular flexibility index (Phi) is 7.72. The summed E-state index contributed by atoms with van der Waals surface area (Å²) in [5.41, 5.74) is 1.78. The molecule has 0 bridgehead atoms. The van der Waals surface area contributed by atoms with Crippen LogP contribution in [0.4, 0.5) is 40.7 Å². The number of aromatic nitrogens is 2. The van der Waals surface area contributed by atoms with E-state index < -0.39 is 29.9 Å². The summed E-state index contributed by atoms with van der Waals surface area (Å²) in [5, 5.41) is 20.7. The van der Waals surface area contributed by atoms with E-state index in [1.807, 2.05) is 29.6 Å². The molecule has 40 heavy (non-hydrogen) atoms. The van der Waals surface area contributed by atoms with Crippen LogP contribution in [-0.2, 0) is 17.4 Å². The van der Waals surface area contributed by atoms with Gasteiger partial charge >= 0.3 is 6.18 Å². The van der Waals surface area contributed by atoms with Crippen molar-refractivity contribution in [3.8, 4) is 6.07 Å². The van der Waals surface area contributed by atoms with E-state index in [1.165, 1.54) is 12.1 Å². The monoisotopic (exact) mass is 555 g/mol. The van der Waals surface area contributed by atoms with Crippen molar-refractivity contribution >= 4 is 29.0 Å². The molecule has 12 heteroatoms. The Hall–Kier alpha value is -4.24. The molecule has 0 spiro atoms. The summed E-state index contributed by atoms with van der Waals surface area (Å²) in [6, 6.07) is 11.8. The molecule has 3 aromatic rings. The van der Waals surface area contributed by atoms with Gasteiger partial charge in [-0.2, -0.15) is 23.4 Å². The predicted molar refractivity (Wildman–Crippen MR) is 143 cm³/mol. The number of carbonyl (C=O) groups is 1. The van der Waals surface area contributed by atoms with Crippen molar-refractivity contribution in [3.05, 3.63) is 70.7 Å². The highest BCUT2D eigenvalue weighted by atomic mass is 19.4. The van der Waals surface area contributed by atoms with E-state index in [9.17, 15) is 27.6 Å². The van der Waals surface area contributed by atoms with E-state index in [2.05, 4.69) is 39.8 Å². The highest BCUT2D eigenvalue weighted by Crippen LogP contribution is 2.32. The van der Waals surface area contributed by atoms with Crippen LogP contribution in [0.2, 0.25) is 0 Å². The SMILES string of the molecule is CC(C)(C#N)c1cc(Nc2nc(Nc3ccc4c(c3)CCNC4(C)C)ncc2C(=O)NCC(F)(F)F)ccc1F. The number of carbonyl (C=O) groups excluding carboxylic acids is 1. The van der Waals surface area contributed by atoms with Crippen LogP contribution in [0.15, 0.2) is 42.6 Å². The normalized spacial score (nSPS) is 14.6. The van der Waals surface area contributed by atoms with Crippen molar-refractivity contribution in [1.82, 2.24) is 20.6 Å². The summed E-state index contributed by atoms with van der Waals surface area (Å²) in [4.78, 5) is 21.2. The molecule has 0 saturated carbocycles. The Balaban J connectivity index is 1.68. The van der Waals surface area contributed by atoms with E-state index in [1.54, 1.807) is 13.8 Å².